The lowest BCUT2D eigenvalue weighted by Crippen LogP contribution is -2.47. The monoisotopic (exact) mass is 212 g/mol. The zero-order valence-corrected chi connectivity index (χ0v) is 9.43. The van der Waals surface area contributed by atoms with E-state index >= 15 is 0 Å². The number of hydrogen-bond acceptors (Lipinski definition) is 4. The van der Waals surface area contributed by atoms with Crippen molar-refractivity contribution < 1.29 is 4.79 Å². The molecule has 1 heterocycles. The molecule has 78 valence electrons. The fourth-order valence-corrected chi connectivity index (χ4v) is 1.91. The van der Waals surface area contributed by atoms with Crippen LogP contribution in [0.4, 0.5) is 0 Å². The number of rotatable bonds is 5. The molecule has 0 unspecified atom stereocenters. The molecule has 0 fully saturated rings. The quantitative estimate of drug-likeness (QED) is 0.809. The molecule has 1 rings (SSSR count). The Balaban J connectivity index is 2.66. The van der Waals surface area contributed by atoms with Gasteiger partial charge in [0.25, 0.3) is 0 Å². The molecule has 14 heavy (non-hydrogen) atoms. The molecule has 0 saturated carbocycles. The average molecular weight is 212 g/mol. The summed E-state index contributed by atoms with van der Waals surface area (Å²) in [5, 5.41) is 2.73. The van der Waals surface area contributed by atoms with Gasteiger partial charge in [0.15, 0.2) is 5.78 Å². The molecule has 1 aromatic rings. The maximum absolute atomic E-state index is 11.8. The molecule has 4 heteroatoms. The first kappa shape index (κ1) is 11.3. The summed E-state index contributed by atoms with van der Waals surface area (Å²) >= 11 is 1.50. The Morgan fingerprint density at radius 2 is 2.21 bits per heavy atom. The molecule has 0 aliphatic heterocycles. The second-order valence-electron chi connectivity index (χ2n) is 3.39. The maximum Gasteiger partial charge on any atom is 0.159 e. The number of aromatic nitrogens is 1. The predicted octanol–water partition coefficient (Wildman–Crippen LogP) is 1.77. The zero-order valence-electron chi connectivity index (χ0n) is 8.62. The summed E-state index contributed by atoms with van der Waals surface area (Å²) in [6.07, 6.45) is 3.46. The van der Waals surface area contributed by atoms with Crippen molar-refractivity contribution in [3.05, 3.63) is 16.6 Å². The summed E-state index contributed by atoms with van der Waals surface area (Å²) in [4.78, 5) is 15.9. The molecule has 0 aromatic carbocycles. The van der Waals surface area contributed by atoms with Gasteiger partial charge < -0.3 is 5.73 Å². The van der Waals surface area contributed by atoms with Crippen LogP contribution in [0.25, 0.3) is 0 Å². The largest absolute Gasteiger partial charge is 0.319 e. The van der Waals surface area contributed by atoms with Crippen molar-refractivity contribution in [2.24, 2.45) is 5.73 Å². The SMILES string of the molecule is CCC(N)(CC)C(=O)Cc1nccs1. The first-order valence-electron chi connectivity index (χ1n) is 4.83. The van der Waals surface area contributed by atoms with Gasteiger partial charge in [-0.2, -0.15) is 0 Å². The van der Waals surface area contributed by atoms with Crippen LogP contribution < -0.4 is 5.73 Å². The van der Waals surface area contributed by atoms with Crippen molar-refractivity contribution in [1.29, 1.82) is 0 Å². The standard InChI is InChI=1S/C10H16N2OS/c1-3-10(11,4-2)8(13)7-9-12-5-6-14-9/h5-6H,3-4,7,11H2,1-2H3. The van der Waals surface area contributed by atoms with E-state index in [4.69, 9.17) is 5.73 Å². The van der Waals surface area contributed by atoms with Gasteiger partial charge in [0.05, 0.1) is 17.0 Å². The maximum atomic E-state index is 11.8. The molecule has 0 spiro atoms. The summed E-state index contributed by atoms with van der Waals surface area (Å²) in [5.74, 6) is 0.0949. The Morgan fingerprint density at radius 1 is 1.57 bits per heavy atom. The van der Waals surface area contributed by atoms with Crippen LogP contribution in [0.2, 0.25) is 0 Å². The lowest BCUT2D eigenvalue weighted by molar-refractivity contribution is -0.123. The highest BCUT2D eigenvalue weighted by molar-refractivity contribution is 7.09. The second kappa shape index (κ2) is 4.66. The smallest absolute Gasteiger partial charge is 0.159 e. The lowest BCUT2D eigenvalue weighted by atomic mass is 9.88. The molecule has 0 bridgehead atoms. The molecule has 0 aliphatic carbocycles. The van der Waals surface area contributed by atoms with Gasteiger partial charge in [0, 0.05) is 11.6 Å². The number of nitrogens with zero attached hydrogens (tertiary/aromatic N) is 1. The van der Waals surface area contributed by atoms with Crippen molar-refractivity contribution in [2.75, 3.05) is 0 Å². The van der Waals surface area contributed by atoms with Gasteiger partial charge >= 0.3 is 0 Å². The average Bonchev–Trinajstić information content (AvgIpc) is 2.69. The highest BCUT2D eigenvalue weighted by Crippen LogP contribution is 2.16. The Labute approximate surface area is 88.3 Å². The number of thiazole rings is 1. The van der Waals surface area contributed by atoms with Crippen LogP contribution in [-0.2, 0) is 11.2 Å². The number of nitrogens with two attached hydrogens (primary N) is 1. The molecular formula is C10H16N2OS. The fourth-order valence-electron chi connectivity index (χ4n) is 1.30. The van der Waals surface area contributed by atoms with Crippen LogP contribution >= 0.6 is 11.3 Å². The first-order valence-corrected chi connectivity index (χ1v) is 5.71. The molecule has 0 aliphatic rings. The molecule has 3 nitrogen and oxygen atoms in total. The first-order chi connectivity index (χ1) is 6.62. The van der Waals surface area contributed by atoms with Crippen molar-refractivity contribution in [1.82, 2.24) is 4.98 Å². The minimum Gasteiger partial charge on any atom is -0.319 e. The van der Waals surface area contributed by atoms with E-state index in [2.05, 4.69) is 4.98 Å². The van der Waals surface area contributed by atoms with Gasteiger partial charge in [-0.15, -0.1) is 11.3 Å². The molecule has 2 N–H and O–H groups in total. The number of carbonyl (C=O) groups excluding carboxylic acids is 1. The normalized spacial score (nSPS) is 11.6. The van der Waals surface area contributed by atoms with Crippen molar-refractivity contribution in [3.8, 4) is 0 Å². The molecule has 0 amide bonds. The fraction of sp³-hybridized carbons (Fsp3) is 0.600. The Hall–Kier alpha value is -0.740. The van der Waals surface area contributed by atoms with Crippen LogP contribution in [0.1, 0.15) is 31.7 Å². The number of hydrogen-bond donors (Lipinski definition) is 1. The van der Waals surface area contributed by atoms with E-state index < -0.39 is 5.54 Å². The number of Topliss-reactive ketones (excluding diaryl/α,β-unsaturated/α-hetero) is 1. The zero-order chi connectivity index (χ0) is 10.6. The summed E-state index contributed by atoms with van der Waals surface area (Å²) < 4.78 is 0. The molecule has 0 atom stereocenters. The van der Waals surface area contributed by atoms with E-state index in [1.54, 1.807) is 6.20 Å². The van der Waals surface area contributed by atoms with Crippen LogP contribution in [0.15, 0.2) is 11.6 Å². The van der Waals surface area contributed by atoms with Crippen molar-refractivity contribution >= 4 is 17.1 Å². The summed E-state index contributed by atoms with van der Waals surface area (Å²) in [6.45, 7) is 3.90. The second-order valence-corrected chi connectivity index (χ2v) is 4.37. The van der Waals surface area contributed by atoms with Gasteiger partial charge in [-0.3, -0.25) is 4.79 Å². The summed E-state index contributed by atoms with van der Waals surface area (Å²) in [7, 11) is 0. The molecule has 1 aromatic heterocycles. The number of carbonyl (C=O) groups is 1. The molecule has 0 saturated heterocycles. The van der Waals surface area contributed by atoms with Crippen LogP contribution in [0.3, 0.4) is 0 Å². The molecular weight excluding hydrogens is 196 g/mol. The van der Waals surface area contributed by atoms with Crippen LogP contribution in [0.5, 0.6) is 0 Å². The van der Waals surface area contributed by atoms with E-state index in [-0.39, 0.29) is 5.78 Å². The van der Waals surface area contributed by atoms with E-state index in [1.165, 1.54) is 11.3 Å². The van der Waals surface area contributed by atoms with E-state index in [1.807, 2.05) is 19.2 Å². The third kappa shape index (κ3) is 2.39. The highest BCUT2D eigenvalue weighted by Gasteiger charge is 2.29. The third-order valence-electron chi connectivity index (χ3n) is 2.61. The highest BCUT2D eigenvalue weighted by atomic mass is 32.1. The van der Waals surface area contributed by atoms with Gasteiger partial charge in [-0.05, 0) is 12.8 Å². The topological polar surface area (TPSA) is 56.0 Å². The van der Waals surface area contributed by atoms with Crippen molar-refractivity contribution in [3.63, 3.8) is 0 Å². The number of ketones is 1. The summed E-state index contributed by atoms with van der Waals surface area (Å²) in [5.41, 5.74) is 5.32. The van der Waals surface area contributed by atoms with Gasteiger partial charge in [-0.1, -0.05) is 13.8 Å². The van der Waals surface area contributed by atoms with Gasteiger partial charge in [0.2, 0.25) is 0 Å². The molecule has 0 radical (unpaired) electrons. The van der Waals surface area contributed by atoms with Gasteiger partial charge in [0.1, 0.15) is 0 Å². The Morgan fingerprint density at radius 3 is 2.64 bits per heavy atom. The van der Waals surface area contributed by atoms with E-state index in [0.717, 1.165) is 5.01 Å². The minimum atomic E-state index is -0.661. The summed E-state index contributed by atoms with van der Waals surface area (Å²) in [6, 6.07) is 0. The van der Waals surface area contributed by atoms with E-state index in [9.17, 15) is 4.79 Å². The van der Waals surface area contributed by atoms with Crippen LogP contribution in [0, 0.1) is 0 Å². The predicted molar refractivity (Wildman–Crippen MR) is 58.3 cm³/mol. The third-order valence-corrected chi connectivity index (χ3v) is 3.39. The van der Waals surface area contributed by atoms with Crippen LogP contribution in [-0.4, -0.2) is 16.3 Å². The lowest BCUT2D eigenvalue weighted by Gasteiger charge is -2.24. The van der Waals surface area contributed by atoms with E-state index in [0.29, 0.717) is 19.3 Å². The van der Waals surface area contributed by atoms with Crippen molar-refractivity contribution in [2.45, 2.75) is 38.6 Å². The minimum absolute atomic E-state index is 0.0949. The van der Waals surface area contributed by atoms with Gasteiger partial charge in [-0.25, -0.2) is 4.98 Å². The Kier molecular flexibility index (Phi) is 3.77. The Bertz CT molecular complexity index is 291.